The fourth-order valence-corrected chi connectivity index (χ4v) is 4.30. The van der Waals surface area contributed by atoms with E-state index in [0.29, 0.717) is 23.7 Å². The van der Waals surface area contributed by atoms with Crippen molar-refractivity contribution in [1.29, 1.82) is 0 Å². The molecule has 0 unspecified atom stereocenters. The second kappa shape index (κ2) is 9.76. The molecule has 1 aromatic heterocycles. The molecule has 1 aromatic carbocycles. The highest BCUT2D eigenvalue weighted by Crippen LogP contribution is 2.29. The van der Waals surface area contributed by atoms with Crippen LogP contribution in [-0.2, 0) is 9.53 Å². The Hall–Kier alpha value is -2.58. The van der Waals surface area contributed by atoms with Crippen LogP contribution < -0.4 is 15.0 Å². The number of carbonyl (C=O) groups excluding carboxylic acids is 2. The van der Waals surface area contributed by atoms with E-state index in [1.54, 1.807) is 6.07 Å². The Bertz CT molecular complexity index is 859. The minimum Gasteiger partial charge on any atom is -0.492 e. The van der Waals surface area contributed by atoms with E-state index in [2.05, 4.69) is 21.2 Å². The number of carbonyl (C=O) groups is 2. The molecule has 1 aliphatic rings. The maximum Gasteiger partial charge on any atom is 0.340 e. The number of thiophene rings is 1. The molecule has 8 heteroatoms. The number of nitrogens with one attached hydrogen (secondary N) is 1. The quantitative estimate of drug-likeness (QED) is 0.699. The molecule has 2 heterocycles. The van der Waals surface area contributed by atoms with E-state index in [9.17, 15) is 9.59 Å². The van der Waals surface area contributed by atoms with Gasteiger partial charge in [0.15, 0.2) is 0 Å². The molecule has 7 nitrogen and oxygen atoms in total. The molecule has 1 amide bonds. The first-order valence-electron chi connectivity index (χ1n) is 9.69. The molecule has 29 heavy (non-hydrogen) atoms. The lowest BCUT2D eigenvalue weighted by Crippen LogP contribution is -2.48. The van der Waals surface area contributed by atoms with Gasteiger partial charge >= 0.3 is 5.97 Å². The summed E-state index contributed by atoms with van der Waals surface area (Å²) >= 11 is 1.38. The first-order chi connectivity index (χ1) is 14.0. The lowest BCUT2D eigenvalue weighted by Gasteiger charge is -2.36. The van der Waals surface area contributed by atoms with E-state index in [4.69, 9.17) is 9.47 Å². The summed E-state index contributed by atoms with van der Waals surface area (Å²) in [6.45, 7) is 8.00. The Morgan fingerprint density at radius 2 is 1.90 bits per heavy atom. The summed E-state index contributed by atoms with van der Waals surface area (Å²) in [4.78, 5) is 29.7. The second-order valence-electron chi connectivity index (χ2n) is 6.80. The fraction of sp³-hybridized carbons (Fsp3) is 0.429. The van der Waals surface area contributed by atoms with Crippen molar-refractivity contribution in [3.05, 3.63) is 40.8 Å². The summed E-state index contributed by atoms with van der Waals surface area (Å²) in [5, 5.41) is 3.41. The molecule has 3 rings (SSSR count). The highest BCUT2D eigenvalue weighted by molar-refractivity contribution is 7.16. The largest absolute Gasteiger partial charge is 0.492 e. The van der Waals surface area contributed by atoms with Crippen molar-refractivity contribution in [3.8, 4) is 5.75 Å². The average molecular weight is 418 g/mol. The zero-order chi connectivity index (χ0) is 20.8. The Labute approximate surface area is 175 Å². The first-order valence-corrected chi connectivity index (χ1v) is 10.5. The maximum absolute atomic E-state index is 12.5. The summed E-state index contributed by atoms with van der Waals surface area (Å²) in [6, 6.07) is 9.78. The summed E-state index contributed by atoms with van der Waals surface area (Å²) < 4.78 is 10.5. The first kappa shape index (κ1) is 21.1. The van der Waals surface area contributed by atoms with Crippen LogP contribution in [0.25, 0.3) is 0 Å². The lowest BCUT2D eigenvalue weighted by molar-refractivity contribution is -0.117. The van der Waals surface area contributed by atoms with Gasteiger partial charge in [-0.3, -0.25) is 9.69 Å². The highest BCUT2D eigenvalue weighted by atomic mass is 32.1. The SMILES string of the molecule is CCOc1ccccc1N1CCN(CC(=O)Nc2sc(C)cc2C(=O)OC)CC1. The number of hydrogen-bond donors (Lipinski definition) is 1. The van der Waals surface area contributed by atoms with E-state index in [1.807, 2.05) is 32.0 Å². The molecule has 0 radical (unpaired) electrons. The summed E-state index contributed by atoms with van der Waals surface area (Å²) in [6.07, 6.45) is 0. The molecule has 0 aliphatic carbocycles. The third-order valence-electron chi connectivity index (χ3n) is 4.76. The lowest BCUT2D eigenvalue weighted by atomic mass is 10.2. The molecule has 1 fully saturated rings. The van der Waals surface area contributed by atoms with Crippen molar-refractivity contribution < 1.29 is 19.1 Å². The van der Waals surface area contributed by atoms with E-state index in [-0.39, 0.29) is 5.91 Å². The number of benzene rings is 1. The molecular formula is C21H27N3O4S. The van der Waals surface area contributed by atoms with Crippen LogP contribution in [0.1, 0.15) is 22.2 Å². The van der Waals surface area contributed by atoms with Crippen LogP contribution in [0, 0.1) is 6.92 Å². The number of hydrogen-bond acceptors (Lipinski definition) is 7. The van der Waals surface area contributed by atoms with Gasteiger partial charge in [0, 0.05) is 31.1 Å². The third kappa shape index (κ3) is 5.27. The molecule has 1 saturated heterocycles. The number of anilines is 2. The maximum atomic E-state index is 12.5. The van der Waals surface area contributed by atoms with Gasteiger partial charge in [-0.2, -0.15) is 0 Å². The van der Waals surface area contributed by atoms with Crippen LogP contribution in [0.15, 0.2) is 30.3 Å². The van der Waals surface area contributed by atoms with E-state index < -0.39 is 5.97 Å². The van der Waals surface area contributed by atoms with Crippen molar-refractivity contribution in [1.82, 2.24) is 4.90 Å². The molecule has 2 aromatic rings. The van der Waals surface area contributed by atoms with Crippen LogP contribution in [0.5, 0.6) is 5.75 Å². The minimum atomic E-state index is -0.439. The number of methoxy groups -OCH3 is 1. The molecule has 0 bridgehead atoms. The molecule has 1 N–H and O–H groups in total. The number of aryl methyl sites for hydroxylation is 1. The van der Waals surface area contributed by atoms with Gasteiger partial charge in [0.05, 0.1) is 31.5 Å². The normalized spacial score (nSPS) is 14.5. The Balaban J connectivity index is 1.55. The zero-order valence-electron chi connectivity index (χ0n) is 17.1. The predicted octanol–water partition coefficient (Wildman–Crippen LogP) is 3.00. The number of ether oxygens (including phenoxy) is 2. The van der Waals surface area contributed by atoms with Gasteiger partial charge in [-0.05, 0) is 32.0 Å². The van der Waals surface area contributed by atoms with Crippen LogP contribution in [0.2, 0.25) is 0 Å². The Morgan fingerprint density at radius 1 is 1.17 bits per heavy atom. The van der Waals surface area contributed by atoms with Crippen LogP contribution >= 0.6 is 11.3 Å². The standard InChI is InChI=1S/C21H27N3O4S/c1-4-28-18-8-6-5-7-17(18)24-11-9-23(10-12-24)14-19(25)22-20-16(21(26)27-3)13-15(2)29-20/h5-8,13H,4,9-12,14H2,1-3H3,(H,22,25). The number of rotatable bonds is 7. The van der Waals surface area contributed by atoms with Gasteiger partial charge in [-0.15, -0.1) is 11.3 Å². The number of piperazine rings is 1. The van der Waals surface area contributed by atoms with E-state index >= 15 is 0 Å². The van der Waals surface area contributed by atoms with Crippen molar-refractivity contribution in [3.63, 3.8) is 0 Å². The number of esters is 1. The zero-order valence-corrected chi connectivity index (χ0v) is 17.9. The van der Waals surface area contributed by atoms with Gasteiger partial charge in [0.1, 0.15) is 10.8 Å². The summed E-state index contributed by atoms with van der Waals surface area (Å²) in [5.41, 5.74) is 1.50. The van der Waals surface area contributed by atoms with Crippen molar-refractivity contribution in [2.45, 2.75) is 13.8 Å². The second-order valence-corrected chi connectivity index (χ2v) is 8.06. The van der Waals surface area contributed by atoms with Crippen LogP contribution in [-0.4, -0.2) is 63.2 Å². The van der Waals surface area contributed by atoms with Crippen LogP contribution in [0.4, 0.5) is 10.7 Å². The third-order valence-corrected chi connectivity index (χ3v) is 5.72. The average Bonchev–Trinajstić information content (AvgIpc) is 3.08. The van der Waals surface area contributed by atoms with Gasteiger partial charge in [0.2, 0.25) is 5.91 Å². The predicted molar refractivity (Wildman–Crippen MR) is 115 cm³/mol. The molecule has 0 atom stereocenters. The monoisotopic (exact) mass is 417 g/mol. The summed E-state index contributed by atoms with van der Waals surface area (Å²) in [7, 11) is 1.34. The van der Waals surface area contributed by atoms with Crippen LogP contribution in [0.3, 0.4) is 0 Å². The van der Waals surface area contributed by atoms with Gasteiger partial charge in [-0.1, -0.05) is 12.1 Å². The van der Waals surface area contributed by atoms with Gasteiger partial charge in [-0.25, -0.2) is 4.79 Å². The van der Waals surface area contributed by atoms with Crippen molar-refractivity contribution in [2.75, 3.05) is 56.7 Å². The number of amides is 1. The summed E-state index contributed by atoms with van der Waals surface area (Å²) in [5.74, 6) is 0.330. The smallest absolute Gasteiger partial charge is 0.340 e. The van der Waals surface area contributed by atoms with E-state index in [0.717, 1.165) is 42.5 Å². The van der Waals surface area contributed by atoms with Gasteiger partial charge < -0.3 is 19.7 Å². The van der Waals surface area contributed by atoms with Gasteiger partial charge in [0.25, 0.3) is 0 Å². The van der Waals surface area contributed by atoms with Crippen molar-refractivity contribution in [2.24, 2.45) is 0 Å². The molecule has 156 valence electrons. The Kier molecular flexibility index (Phi) is 7.11. The molecule has 0 saturated carbocycles. The van der Waals surface area contributed by atoms with Crippen molar-refractivity contribution >= 4 is 33.9 Å². The molecular weight excluding hydrogens is 390 g/mol. The fourth-order valence-electron chi connectivity index (χ4n) is 3.38. The molecule has 1 aliphatic heterocycles. The Morgan fingerprint density at radius 3 is 2.59 bits per heavy atom. The number of nitrogens with zero attached hydrogens (tertiary/aromatic N) is 2. The topological polar surface area (TPSA) is 71.1 Å². The highest BCUT2D eigenvalue weighted by Gasteiger charge is 2.23. The number of para-hydroxylation sites is 2. The minimum absolute atomic E-state index is 0.125. The molecule has 0 spiro atoms. The van der Waals surface area contributed by atoms with E-state index in [1.165, 1.54) is 18.4 Å².